The molecule has 1 aliphatic heterocycles. The third-order valence-corrected chi connectivity index (χ3v) is 2.48. The van der Waals surface area contributed by atoms with Crippen LogP contribution in [0.1, 0.15) is 25.7 Å². The quantitative estimate of drug-likeness (QED) is 0.534. The lowest BCUT2D eigenvalue weighted by molar-refractivity contribution is 0.162. The van der Waals surface area contributed by atoms with Crippen LogP contribution in [0, 0.1) is 0 Å². The Bertz CT molecular complexity index is 144. The van der Waals surface area contributed by atoms with E-state index in [0.717, 1.165) is 0 Å². The van der Waals surface area contributed by atoms with E-state index in [1.165, 1.54) is 25.7 Å². The van der Waals surface area contributed by atoms with Crippen LogP contribution in [-0.4, -0.2) is 17.3 Å². The molecule has 1 saturated heterocycles. The van der Waals surface area contributed by atoms with E-state index in [4.69, 9.17) is 17.0 Å². The molecule has 1 heterocycles. The minimum absolute atomic E-state index is 0.390. The number of nitrogens with one attached hydrogen (secondary N) is 1. The van der Waals surface area contributed by atoms with Crippen LogP contribution in [0.15, 0.2) is 0 Å². The second-order valence-corrected chi connectivity index (χ2v) is 3.35. The van der Waals surface area contributed by atoms with Crippen LogP contribution in [0.5, 0.6) is 0 Å². The van der Waals surface area contributed by atoms with Crippen molar-refractivity contribution in [3.63, 3.8) is 0 Å². The topological polar surface area (TPSA) is 21.3 Å². The van der Waals surface area contributed by atoms with Crippen molar-refractivity contribution < 1.29 is 4.74 Å². The Hall–Kier alpha value is -0.310. The highest BCUT2D eigenvalue weighted by atomic mass is 32.1. The van der Waals surface area contributed by atoms with Gasteiger partial charge in [0.1, 0.15) is 6.10 Å². The van der Waals surface area contributed by atoms with Crippen LogP contribution >= 0.6 is 12.2 Å². The Morgan fingerprint density at radius 2 is 2.20 bits per heavy atom. The molecule has 1 aliphatic carbocycles. The van der Waals surface area contributed by atoms with Gasteiger partial charge < -0.3 is 10.1 Å². The van der Waals surface area contributed by atoms with E-state index in [1.807, 2.05) is 0 Å². The summed E-state index contributed by atoms with van der Waals surface area (Å²) in [4.78, 5) is 0. The Morgan fingerprint density at radius 3 is 3.00 bits per heavy atom. The van der Waals surface area contributed by atoms with E-state index in [-0.39, 0.29) is 0 Å². The summed E-state index contributed by atoms with van der Waals surface area (Å²) in [5, 5.41) is 3.77. The van der Waals surface area contributed by atoms with Gasteiger partial charge in [-0.2, -0.15) is 0 Å². The van der Waals surface area contributed by atoms with Crippen molar-refractivity contribution in [3.8, 4) is 0 Å². The number of rotatable bonds is 0. The zero-order valence-corrected chi connectivity index (χ0v) is 6.62. The van der Waals surface area contributed by atoms with Gasteiger partial charge in [-0.05, 0) is 31.5 Å². The van der Waals surface area contributed by atoms with Gasteiger partial charge in [0.2, 0.25) is 0 Å². The molecule has 2 fully saturated rings. The molecule has 10 heavy (non-hydrogen) atoms. The fourth-order valence-corrected chi connectivity index (χ4v) is 2.00. The maximum Gasteiger partial charge on any atom is 0.257 e. The monoisotopic (exact) mass is 157 g/mol. The van der Waals surface area contributed by atoms with Crippen molar-refractivity contribution in [3.05, 3.63) is 0 Å². The molecule has 0 bridgehead atoms. The predicted octanol–water partition coefficient (Wildman–Crippen LogP) is 1.20. The first-order valence-corrected chi connectivity index (χ1v) is 4.24. The number of hydrogen-bond donors (Lipinski definition) is 1. The molecule has 1 saturated carbocycles. The molecule has 56 valence electrons. The first-order valence-electron chi connectivity index (χ1n) is 3.83. The first-order chi connectivity index (χ1) is 4.86. The molecule has 2 rings (SSSR count). The standard InChI is InChI=1S/C7H11NOS/c10-7-8-5-3-1-2-4-6(5)9-7/h5-6H,1-4H2,(H,8,10)/t5-,6-/m0/s1. The minimum Gasteiger partial charge on any atom is -0.466 e. The van der Waals surface area contributed by atoms with Crippen molar-refractivity contribution in [1.82, 2.24) is 5.32 Å². The van der Waals surface area contributed by atoms with E-state index in [9.17, 15) is 0 Å². The molecule has 0 unspecified atom stereocenters. The fraction of sp³-hybridized carbons (Fsp3) is 0.857. The molecular weight excluding hydrogens is 146 g/mol. The van der Waals surface area contributed by atoms with Crippen LogP contribution in [-0.2, 0) is 4.74 Å². The summed E-state index contributed by atoms with van der Waals surface area (Å²) in [6.45, 7) is 0. The molecule has 3 heteroatoms. The largest absolute Gasteiger partial charge is 0.466 e. The van der Waals surface area contributed by atoms with Crippen LogP contribution in [0.25, 0.3) is 0 Å². The smallest absolute Gasteiger partial charge is 0.257 e. The van der Waals surface area contributed by atoms with E-state index < -0.39 is 0 Å². The van der Waals surface area contributed by atoms with Gasteiger partial charge in [-0.3, -0.25) is 0 Å². The highest BCUT2D eigenvalue weighted by Gasteiger charge is 2.33. The van der Waals surface area contributed by atoms with Gasteiger partial charge in [-0.25, -0.2) is 0 Å². The number of thiocarbonyl (C=S) groups is 1. The van der Waals surface area contributed by atoms with Crippen LogP contribution in [0.4, 0.5) is 0 Å². The fourth-order valence-electron chi connectivity index (χ4n) is 1.73. The Morgan fingerprint density at radius 1 is 1.40 bits per heavy atom. The number of ether oxygens (including phenoxy) is 1. The maximum atomic E-state index is 5.39. The minimum atomic E-state index is 0.390. The molecule has 0 aromatic carbocycles. The lowest BCUT2D eigenvalue weighted by Crippen LogP contribution is -2.33. The van der Waals surface area contributed by atoms with Crippen LogP contribution in [0.2, 0.25) is 0 Å². The molecule has 0 amide bonds. The van der Waals surface area contributed by atoms with Crippen LogP contribution in [0.3, 0.4) is 0 Å². The summed E-state index contributed by atoms with van der Waals surface area (Å²) < 4.78 is 5.39. The van der Waals surface area contributed by atoms with Gasteiger partial charge in [-0.15, -0.1) is 0 Å². The molecule has 0 radical (unpaired) electrons. The molecule has 0 aromatic heterocycles. The summed E-state index contributed by atoms with van der Waals surface area (Å²) in [7, 11) is 0. The second-order valence-electron chi connectivity index (χ2n) is 2.98. The molecule has 2 atom stereocenters. The molecule has 2 nitrogen and oxygen atoms in total. The van der Waals surface area contributed by atoms with E-state index in [2.05, 4.69) is 5.32 Å². The molecule has 1 N–H and O–H groups in total. The summed E-state index contributed by atoms with van der Waals surface area (Å²) in [6, 6.07) is 0.529. The van der Waals surface area contributed by atoms with Crippen molar-refractivity contribution in [2.24, 2.45) is 0 Å². The van der Waals surface area contributed by atoms with Crippen molar-refractivity contribution in [2.45, 2.75) is 37.8 Å². The van der Waals surface area contributed by atoms with Crippen LogP contribution < -0.4 is 5.32 Å². The summed E-state index contributed by atoms with van der Waals surface area (Å²) in [6.07, 6.45) is 5.41. The normalized spacial score (nSPS) is 38.2. The van der Waals surface area contributed by atoms with Crippen molar-refractivity contribution in [1.29, 1.82) is 0 Å². The maximum absolute atomic E-state index is 5.39. The van der Waals surface area contributed by atoms with Crippen molar-refractivity contribution >= 4 is 17.4 Å². The van der Waals surface area contributed by atoms with Gasteiger partial charge in [0.25, 0.3) is 5.17 Å². The Labute approximate surface area is 65.9 Å². The Kier molecular flexibility index (Phi) is 1.52. The molecule has 0 aromatic rings. The van der Waals surface area contributed by atoms with E-state index in [0.29, 0.717) is 17.3 Å². The first kappa shape index (κ1) is 6.40. The highest BCUT2D eigenvalue weighted by Crippen LogP contribution is 2.24. The Balaban J connectivity index is 2.04. The van der Waals surface area contributed by atoms with E-state index >= 15 is 0 Å². The third kappa shape index (κ3) is 0.985. The van der Waals surface area contributed by atoms with Gasteiger partial charge in [0.05, 0.1) is 6.04 Å². The zero-order chi connectivity index (χ0) is 6.97. The van der Waals surface area contributed by atoms with Gasteiger partial charge in [0, 0.05) is 0 Å². The number of hydrogen-bond acceptors (Lipinski definition) is 2. The lowest BCUT2D eigenvalue weighted by atomic mass is 9.93. The average Bonchev–Trinajstić information content (AvgIpc) is 2.27. The number of fused-ring (bicyclic) bond motifs is 1. The molecule has 2 aliphatic rings. The van der Waals surface area contributed by atoms with Crippen molar-refractivity contribution in [2.75, 3.05) is 0 Å². The molecular formula is C7H11NOS. The van der Waals surface area contributed by atoms with Gasteiger partial charge in [-0.1, -0.05) is 6.42 Å². The zero-order valence-electron chi connectivity index (χ0n) is 5.80. The van der Waals surface area contributed by atoms with E-state index in [1.54, 1.807) is 0 Å². The lowest BCUT2D eigenvalue weighted by Gasteiger charge is -2.21. The SMILES string of the molecule is S=C1N[C@H]2CCCC[C@@H]2O1. The summed E-state index contributed by atoms with van der Waals surface area (Å²) >= 11 is 4.90. The predicted molar refractivity (Wildman–Crippen MR) is 42.9 cm³/mol. The summed E-state index contributed by atoms with van der Waals surface area (Å²) in [5.41, 5.74) is 0. The van der Waals surface area contributed by atoms with Gasteiger partial charge >= 0.3 is 0 Å². The second kappa shape index (κ2) is 2.38. The van der Waals surface area contributed by atoms with Gasteiger partial charge in [0.15, 0.2) is 0 Å². The average molecular weight is 157 g/mol. The highest BCUT2D eigenvalue weighted by molar-refractivity contribution is 7.80. The third-order valence-electron chi connectivity index (χ3n) is 2.26. The molecule has 0 spiro atoms. The summed E-state index contributed by atoms with van der Waals surface area (Å²) in [5.74, 6) is 0.